The molecule has 0 amide bonds. The Bertz CT molecular complexity index is 635. The molecule has 1 aromatic carbocycles. The Morgan fingerprint density at radius 3 is 2.68 bits per heavy atom. The molecule has 0 aliphatic carbocycles. The summed E-state index contributed by atoms with van der Waals surface area (Å²) in [5.41, 5.74) is 0.969. The summed E-state index contributed by atoms with van der Waals surface area (Å²) in [6, 6.07) is 10.4. The van der Waals surface area contributed by atoms with Gasteiger partial charge in [0.15, 0.2) is 0 Å². The monoisotopic (exact) mass is 254 g/mol. The maximum atomic E-state index is 5.77. The van der Waals surface area contributed by atoms with Crippen LogP contribution in [0.15, 0.2) is 41.5 Å². The Morgan fingerprint density at radius 2 is 1.95 bits per heavy atom. The Hall–Kier alpha value is -1.90. The largest absolute Gasteiger partial charge is 0.474 e. The maximum absolute atomic E-state index is 5.77. The molecule has 1 aliphatic heterocycles. The van der Waals surface area contributed by atoms with Crippen LogP contribution >= 0.6 is 0 Å². The predicted molar refractivity (Wildman–Crippen MR) is 77.5 cm³/mol. The quantitative estimate of drug-likeness (QED) is 0.781. The minimum atomic E-state index is 0.117. The van der Waals surface area contributed by atoms with Crippen LogP contribution in [0.3, 0.4) is 0 Å². The molecule has 3 heteroatoms. The average Bonchev–Trinajstić information content (AvgIpc) is 2.87. The van der Waals surface area contributed by atoms with Crippen LogP contribution in [-0.2, 0) is 4.74 Å². The summed E-state index contributed by atoms with van der Waals surface area (Å²) in [6.45, 7) is 7.20. The first-order valence-electron chi connectivity index (χ1n) is 6.60. The fourth-order valence-corrected chi connectivity index (χ4v) is 2.24. The topological polar surface area (TPSA) is 34.5 Å². The van der Waals surface area contributed by atoms with Gasteiger partial charge in [-0.05, 0) is 16.9 Å². The van der Waals surface area contributed by atoms with E-state index >= 15 is 0 Å². The normalized spacial score (nSPS) is 19.3. The molecule has 0 saturated carbocycles. The lowest BCUT2D eigenvalue weighted by molar-refractivity contribution is 0.235. The van der Waals surface area contributed by atoms with Crippen molar-refractivity contribution >= 4 is 16.7 Å². The molecule has 0 radical (unpaired) electrons. The third-order valence-corrected chi connectivity index (χ3v) is 3.53. The summed E-state index contributed by atoms with van der Waals surface area (Å²) in [5, 5.41) is 2.26. The van der Waals surface area contributed by atoms with E-state index in [-0.39, 0.29) is 11.5 Å². The van der Waals surface area contributed by atoms with E-state index in [0.717, 1.165) is 16.5 Å². The molecular formula is C16H18N2O. The zero-order valence-electron chi connectivity index (χ0n) is 11.6. The van der Waals surface area contributed by atoms with Gasteiger partial charge in [-0.1, -0.05) is 45.0 Å². The van der Waals surface area contributed by atoms with Gasteiger partial charge in [0, 0.05) is 11.6 Å². The highest BCUT2D eigenvalue weighted by atomic mass is 16.5. The molecule has 1 aliphatic rings. The van der Waals surface area contributed by atoms with Crippen molar-refractivity contribution in [2.24, 2.45) is 10.4 Å². The fourth-order valence-electron chi connectivity index (χ4n) is 2.24. The fraction of sp³-hybridized carbons (Fsp3) is 0.375. The number of fused-ring (bicyclic) bond motifs is 1. The average molecular weight is 254 g/mol. The Balaban J connectivity index is 2.07. The molecule has 0 fully saturated rings. The number of hydrogen-bond donors (Lipinski definition) is 0. The van der Waals surface area contributed by atoms with Crippen LogP contribution in [0, 0.1) is 5.41 Å². The maximum Gasteiger partial charge on any atom is 0.236 e. The van der Waals surface area contributed by atoms with Crippen molar-refractivity contribution in [2.75, 3.05) is 6.61 Å². The zero-order chi connectivity index (χ0) is 13.5. The first kappa shape index (κ1) is 12.2. The highest BCUT2D eigenvalue weighted by molar-refractivity contribution is 6.05. The second kappa shape index (κ2) is 4.34. The molecule has 0 bridgehead atoms. The molecular weight excluding hydrogens is 236 g/mol. The van der Waals surface area contributed by atoms with Gasteiger partial charge in [-0.3, -0.25) is 4.98 Å². The second-order valence-electron chi connectivity index (χ2n) is 6.01. The molecule has 0 N–H and O–H groups in total. The van der Waals surface area contributed by atoms with E-state index in [4.69, 9.17) is 9.73 Å². The lowest BCUT2D eigenvalue weighted by atomic mass is 9.88. The van der Waals surface area contributed by atoms with E-state index in [9.17, 15) is 0 Å². The molecule has 3 nitrogen and oxygen atoms in total. The van der Waals surface area contributed by atoms with Gasteiger partial charge in [0.25, 0.3) is 0 Å². The predicted octanol–water partition coefficient (Wildman–Crippen LogP) is 3.43. The number of aromatic nitrogens is 1. The SMILES string of the molecule is CC(C)(C)[C@@H]1COC(c2nccc3ccccc23)=N1. The van der Waals surface area contributed by atoms with Crippen LogP contribution in [-0.4, -0.2) is 23.5 Å². The van der Waals surface area contributed by atoms with Crippen molar-refractivity contribution < 1.29 is 4.74 Å². The summed E-state index contributed by atoms with van der Waals surface area (Å²) in [6.07, 6.45) is 1.81. The smallest absolute Gasteiger partial charge is 0.236 e. The summed E-state index contributed by atoms with van der Waals surface area (Å²) in [7, 11) is 0. The van der Waals surface area contributed by atoms with Gasteiger partial charge < -0.3 is 4.74 Å². The van der Waals surface area contributed by atoms with Crippen molar-refractivity contribution in [2.45, 2.75) is 26.8 Å². The number of aliphatic imine (C=N–C) groups is 1. The molecule has 1 aromatic heterocycles. The van der Waals surface area contributed by atoms with E-state index in [2.05, 4.69) is 37.9 Å². The van der Waals surface area contributed by atoms with E-state index in [1.165, 1.54) is 0 Å². The molecule has 0 saturated heterocycles. The van der Waals surface area contributed by atoms with Crippen molar-refractivity contribution in [3.63, 3.8) is 0 Å². The Kier molecular flexibility index (Phi) is 2.77. The molecule has 1 atom stereocenters. The Labute approximate surface area is 113 Å². The molecule has 0 unspecified atom stereocenters. The van der Waals surface area contributed by atoms with E-state index < -0.39 is 0 Å². The molecule has 2 heterocycles. The number of benzene rings is 1. The van der Waals surface area contributed by atoms with Gasteiger partial charge in [0.2, 0.25) is 5.90 Å². The van der Waals surface area contributed by atoms with Crippen molar-refractivity contribution in [1.82, 2.24) is 4.98 Å². The number of pyridine rings is 1. The molecule has 3 rings (SSSR count). The van der Waals surface area contributed by atoms with E-state index in [1.807, 2.05) is 24.4 Å². The number of ether oxygens (including phenoxy) is 1. The number of nitrogens with zero attached hydrogens (tertiary/aromatic N) is 2. The second-order valence-corrected chi connectivity index (χ2v) is 6.01. The molecule has 2 aromatic rings. The highest BCUT2D eigenvalue weighted by Crippen LogP contribution is 2.28. The van der Waals surface area contributed by atoms with Crippen molar-refractivity contribution in [1.29, 1.82) is 0 Å². The van der Waals surface area contributed by atoms with Crippen LogP contribution in [0.2, 0.25) is 0 Å². The van der Waals surface area contributed by atoms with Gasteiger partial charge in [0.05, 0.1) is 6.04 Å². The van der Waals surface area contributed by atoms with Gasteiger partial charge >= 0.3 is 0 Å². The number of rotatable bonds is 1. The first-order valence-corrected chi connectivity index (χ1v) is 6.60. The third-order valence-electron chi connectivity index (χ3n) is 3.53. The van der Waals surface area contributed by atoms with Crippen LogP contribution in [0.25, 0.3) is 10.8 Å². The van der Waals surface area contributed by atoms with Crippen LogP contribution in [0.4, 0.5) is 0 Å². The number of hydrogen-bond acceptors (Lipinski definition) is 3. The van der Waals surface area contributed by atoms with Gasteiger partial charge in [-0.15, -0.1) is 0 Å². The minimum absolute atomic E-state index is 0.117. The summed E-state index contributed by atoms with van der Waals surface area (Å²) in [5.74, 6) is 0.678. The van der Waals surface area contributed by atoms with Crippen molar-refractivity contribution in [3.05, 3.63) is 42.2 Å². The van der Waals surface area contributed by atoms with Gasteiger partial charge in [0.1, 0.15) is 12.3 Å². The summed E-state index contributed by atoms with van der Waals surface area (Å²) < 4.78 is 5.77. The minimum Gasteiger partial charge on any atom is -0.474 e. The van der Waals surface area contributed by atoms with Crippen LogP contribution in [0.1, 0.15) is 26.5 Å². The van der Waals surface area contributed by atoms with Crippen molar-refractivity contribution in [3.8, 4) is 0 Å². The standard InChI is InChI=1S/C16H18N2O/c1-16(2,3)13-10-19-15(18-13)14-12-7-5-4-6-11(12)8-9-17-14/h4-9,13H,10H2,1-3H3/t13-/m0/s1. The van der Waals surface area contributed by atoms with Gasteiger partial charge in [-0.2, -0.15) is 0 Å². The lowest BCUT2D eigenvalue weighted by Crippen LogP contribution is -2.25. The highest BCUT2D eigenvalue weighted by Gasteiger charge is 2.31. The molecule has 98 valence electrons. The third kappa shape index (κ3) is 2.21. The Morgan fingerprint density at radius 1 is 1.16 bits per heavy atom. The van der Waals surface area contributed by atoms with Gasteiger partial charge in [-0.25, -0.2) is 4.99 Å². The first-order chi connectivity index (χ1) is 9.05. The summed E-state index contributed by atoms with van der Waals surface area (Å²) >= 11 is 0. The van der Waals surface area contributed by atoms with Crippen LogP contribution < -0.4 is 0 Å². The van der Waals surface area contributed by atoms with E-state index in [0.29, 0.717) is 12.5 Å². The van der Waals surface area contributed by atoms with E-state index in [1.54, 1.807) is 0 Å². The lowest BCUT2D eigenvalue weighted by Gasteiger charge is -2.21. The molecule has 0 spiro atoms. The zero-order valence-corrected chi connectivity index (χ0v) is 11.6. The van der Waals surface area contributed by atoms with Crippen LogP contribution in [0.5, 0.6) is 0 Å². The molecule has 19 heavy (non-hydrogen) atoms. The summed E-state index contributed by atoms with van der Waals surface area (Å²) in [4.78, 5) is 9.16.